The molecule has 3 rings (SSSR count). The summed E-state index contributed by atoms with van der Waals surface area (Å²) in [5.41, 5.74) is 2.17. The Labute approximate surface area is 192 Å². The van der Waals surface area contributed by atoms with E-state index in [1.54, 1.807) is 0 Å². The first kappa shape index (κ1) is 22.4. The van der Waals surface area contributed by atoms with Crippen molar-refractivity contribution in [1.29, 1.82) is 0 Å². The highest BCUT2D eigenvalue weighted by atomic mass is 35.5. The van der Waals surface area contributed by atoms with Crippen LogP contribution in [0.25, 0.3) is 0 Å². The Bertz CT molecular complexity index is 917. The standard InChI is InChI=1S/C20H19Cl2N3OS3/c21-16-9-4-10-17(22)15(16)12-27-19-24-25-20(29-19)28-13-18(26)23-11-5-8-14-6-2-1-3-7-14/h1-4,6-7,9-10H,5,8,11-13H2,(H,23,26). The molecule has 9 heteroatoms. The molecule has 4 nitrogen and oxygen atoms in total. The molecule has 0 spiro atoms. The Hall–Kier alpha value is -1.25. The van der Waals surface area contributed by atoms with Crippen molar-refractivity contribution in [3.63, 3.8) is 0 Å². The average molecular weight is 484 g/mol. The van der Waals surface area contributed by atoms with Crippen LogP contribution >= 0.6 is 58.1 Å². The first-order chi connectivity index (χ1) is 14.1. The third-order valence-corrected chi connectivity index (χ3v) is 7.85. The topological polar surface area (TPSA) is 54.9 Å². The first-order valence-corrected chi connectivity index (χ1v) is 12.5. The van der Waals surface area contributed by atoms with Gasteiger partial charge in [0.05, 0.1) is 5.75 Å². The van der Waals surface area contributed by atoms with E-state index in [0.29, 0.717) is 28.1 Å². The molecule has 0 fully saturated rings. The minimum Gasteiger partial charge on any atom is -0.355 e. The van der Waals surface area contributed by atoms with Crippen LogP contribution in [0, 0.1) is 0 Å². The third kappa shape index (κ3) is 7.50. The Morgan fingerprint density at radius 1 is 0.966 bits per heavy atom. The van der Waals surface area contributed by atoms with Gasteiger partial charge in [-0.1, -0.05) is 94.5 Å². The smallest absolute Gasteiger partial charge is 0.230 e. The van der Waals surface area contributed by atoms with Crippen LogP contribution < -0.4 is 5.32 Å². The molecule has 1 N–H and O–H groups in total. The SMILES string of the molecule is O=C(CSc1nnc(SCc2c(Cl)cccc2Cl)s1)NCCCc1ccccc1. The number of halogens is 2. The zero-order chi connectivity index (χ0) is 20.5. The number of aryl methyl sites for hydroxylation is 1. The fourth-order valence-electron chi connectivity index (χ4n) is 2.46. The zero-order valence-corrected chi connectivity index (χ0v) is 19.4. The molecule has 0 aliphatic rings. The zero-order valence-electron chi connectivity index (χ0n) is 15.4. The highest BCUT2D eigenvalue weighted by Crippen LogP contribution is 2.34. The molecule has 0 unspecified atom stereocenters. The maximum Gasteiger partial charge on any atom is 0.230 e. The van der Waals surface area contributed by atoms with E-state index in [-0.39, 0.29) is 5.91 Å². The number of nitrogens with zero attached hydrogens (tertiary/aromatic N) is 2. The molecule has 0 atom stereocenters. The van der Waals surface area contributed by atoms with Gasteiger partial charge in [0.15, 0.2) is 8.68 Å². The number of carbonyl (C=O) groups excluding carboxylic acids is 1. The number of hydrogen-bond acceptors (Lipinski definition) is 6. The molecule has 0 saturated carbocycles. The molecule has 1 heterocycles. The summed E-state index contributed by atoms with van der Waals surface area (Å²) in [5, 5.41) is 12.6. The van der Waals surface area contributed by atoms with E-state index in [0.717, 1.165) is 27.1 Å². The maximum absolute atomic E-state index is 12.0. The van der Waals surface area contributed by atoms with Crippen molar-refractivity contribution in [3.8, 4) is 0 Å². The molecule has 29 heavy (non-hydrogen) atoms. The number of benzene rings is 2. The summed E-state index contributed by atoms with van der Waals surface area (Å²) in [4.78, 5) is 12.0. The molecule has 2 aromatic carbocycles. The van der Waals surface area contributed by atoms with E-state index in [2.05, 4.69) is 27.6 Å². The largest absolute Gasteiger partial charge is 0.355 e. The van der Waals surface area contributed by atoms with Gasteiger partial charge < -0.3 is 5.32 Å². The van der Waals surface area contributed by atoms with Gasteiger partial charge in [-0.2, -0.15) is 0 Å². The molecular weight excluding hydrogens is 465 g/mol. The van der Waals surface area contributed by atoms with Crippen LogP contribution in [-0.4, -0.2) is 28.4 Å². The van der Waals surface area contributed by atoms with E-state index < -0.39 is 0 Å². The van der Waals surface area contributed by atoms with E-state index in [9.17, 15) is 4.79 Å². The molecule has 3 aromatic rings. The Morgan fingerprint density at radius 3 is 2.38 bits per heavy atom. The van der Waals surface area contributed by atoms with Crippen molar-refractivity contribution in [1.82, 2.24) is 15.5 Å². The maximum atomic E-state index is 12.0. The average Bonchev–Trinajstić information content (AvgIpc) is 3.18. The number of rotatable bonds is 10. The minimum atomic E-state index is 0.00955. The number of hydrogen-bond donors (Lipinski definition) is 1. The molecule has 0 bridgehead atoms. The van der Waals surface area contributed by atoms with Gasteiger partial charge in [-0.3, -0.25) is 4.79 Å². The molecule has 0 aliphatic heterocycles. The summed E-state index contributed by atoms with van der Waals surface area (Å²) in [7, 11) is 0. The van der Waals surface area contributed by atoms with Gasteiger partial charge in [-0.15, -0.1) is 10.2 Å². The quantitative estimate of drug-likeness (QED) is 0.284. The van der Waals surface area contributed by atoms with Gasteiger partial charge >= 0.3 is 0 Å². The fraction of sp³-hybridized carbons (Fsp3) is 0.250. The summed E-state index contributed by atoms with van der Waals surface area (Å²) in [5.74, 6) is 0.969. The predicted octanol–water partition coefficient (Wildman–Crippen LogP) is 5.98. The van der Waals surface area contributed by atoms with Crippen molar-refractivity contribution >= 4 is 64.0 Å². The highest BCUT2D eigenvalue weighted by Gasteiger charge is 2.11. The fourth-order valence-corrected chi connectivity index (χ4v) is 6.05. The monoisotopic (exact) mass is 483 g/mol. The lowest BCUT2D eigenvalue weighted by Crippen LogP contribution is -2.26. The lowest BCUT2D eigenvalue weighted by atomic mass is 10.1. The van der Waals surface area contributed by atoms with Crippen molar-refractivity contribution in [2.45, 2.75) is 27.3 Å². The number of amides is 1. The molecule has 1 aromatic heterocycles. The highest BCUT2D eigenvalue weighted by molar-refractivity contribution is 8.03. The van der Waals surface area contributed by atoms with Crippen LogP contribution in [0.3, 0.4) is 0 Å². The van der Waals surface area contributed by atoms with Crippen LogP contribution in [0.5, 0.6) is 0 Å². The summed E-state index contributed by atoms with van der Waals surface area (Å²) in [6.07, 6.45) is 1.88. The number of nitrogens with one attached hydrogen (secondary N) is 1. The predicted molar refractivity (Wildman–Crippen MR) is 124 cm³/mol. The third-order valence-electron chi connectivity index (χ3n) is 3.92. The molecule has 0 aliphatic carbocycles. The van der Waals surface area contributed by atoms with Crippen LogP contribution in [0.4, 0.5) is 0 Å². The van der Waals surface area contributed by atoms with E-state index in [1.807, 2.05) is 36.4 Å². The number of aromatic nitrogens is 2. The summed E-state index contributed by atoms with van der Waals surface area (Å²) >= 11 is 16.8. The van der Waals surface area contributed by atoms with Gasteiger partial charge in [-0.25, -0.2) is 0 Å². The van der Waals surface area contributed by atoms with Crippen LogP contribution in [0.15, 0.2) is 57.2 Å². The van der Waals surface area contributed by atoms with Gasteiger partial charge in [0, 0.05) is 22.3 Å². The van der Waals surface area contributed by atoms with Gasteiger partial charge in [0.2, 0.25) is 5.91 Å². The van der Waals surface area contributed by atoms with Crippen molar-refractivity contribution in [2.75, 3.05) is 12.3 Å². The van der Waals surface area contributed by atoms with E-state index >= 15 is 0 Å². The second kappa shape index (κ2) is 11.8. The van der Waals surface area contributed by atoms with Crippen molar-refractivity contribution < 1.29 is 4.79 Å². The van der Waals surface area contributed by atoms with Crippen molar-refractivity contribution in [2.24, 2.45) is 0 Å². The molecular formula is C20H19Cl2N3OS3. The lowest BCUT2D eigenvalue weighted by Gasteiger charge is -2.04. The van der Waals surface area contributed by atoms with Crippen molar-refractivity contribution in [3.05, 3.63) is 69.7 Å². The second-order valence-electron chi connectivity index (χ2n) is 6.05. The van der Waals surface area contributed by atoms with E-state index in [1.165, 1.54) is 40.4 Å². The minimum absolute atomic E-state index is 0.00955. The van der Waals surface area contributed by atoms with Gasteiger partial charge in [-0.05, 0) is 36.1 Å². The Morgan fingerprint density at radius 2 is 1.66 bits per heavy atom. The molecule has 0 saturated heterocycles. The summed E-state index contributed by atoms with van der Waals surface area (Å²) in [6, 6.07) is 15.7. The van der Waals surface area contributed by atoms with Crippen LogP contribution in [-0.2, 0) is 17.0 Å². The van der Waals surface area contributed by atoms with Crippen LogP contribution in [0.2, 0.25) is 10.0 Å². The number of thioether (sulfide) groups is 2. The molecule has 152 valence electrons. The first-order valence-electron chi connectivity index (χ1n) is 8.94. The Balaban J connectivity index is 1.36. The summed E-state index contributed by atoms with van der Waals surface area (Å²) < 4.78 is 1.60. The number of carbonyl (C=O) groups is 1. The van der Waals surface area contributed by atoms with Crippen LogP contribution in [0.1, 0.15) is 17.5 Å². The molecule has 0 radical (unpaired) electrons. The Kier molecular flexibility index (Phi) is 9.14. The van der Waals surface area contributed by atoms with Gasteiger partial charge in [0.25, 0.3) is 0 Å². The second-order valence-corrected chi connectivity index (χ2v) is 10.3. The van der Waals surface area contributed by atoms with E-state index in [4.69, 9.17) is 23.2 Å². The molecule has 1 amide bonds. The normalized spacial score (nSPS) is 10.8. The van der Waals surface area contributed by atoms with Gasteiger partial charge in [0.1, 0.15) is 0 Å². The lowest BCUT2D eigenvalue weighted by molar-refractivity contribution is -0.118. The summed E-state index contributed by atoms with van der Waals surface area (Å²) in [6.45, 7) is 0.671.